The Kier molecular flexibility index (Phi) is 4.39. The van der Waals surface area contributed by atoms with Crippen LogP contribution in [-0.4, -0.2) is 51.3 Å². The maximum atomic E-state index is 11.9. The molecule has 7 nitrogen and oxygen atoms in total. The van der Waals surface area contributed by atoms with E-state index in [0.29, 0.717) is 25.5 Å². The summed E-state index contributed by atoms with van der Waals surface area (Å²) < 4.78 is 1.75. The van der Waals surface area contributed by atoms with Gasteiger partial charge in [-0.15, -0.1) is 0 Å². The highest BCUT2D eigenvalue weighted by Gasteiger charge is 2.29. The standard InChI is InChI=1S/C13H20N4O3/c1-9(2)17-11(3-4-14-17)15-12(18)8-16-6-10(7-16)5-13(19)20/h3-4,9-10H,5-8H2,1-2H3,(H,15,18)(H,19,20). The smallest absolute Gasteiger partial charge is 0.303 e. The van der Waals surface area contributed by atoms with E-state index in [0.717, 1.165) is 0 Å². The molecule has 1 aliphatic rings. The van der Waals surface area contributed by atoms with Gasteiger partial charge in [0.1, 0.15) is 5.82 Å². The van der Waals surface area contributed by atoms with Crippen LogP contribution < -0.4 is 5.32 Å². The summed E-state index contributed by atoms with van der Waals surface area (Å²) in [7, 11) is 0. The second-order valence-electron chi connectivity index (χ2n) is 5.46. The second-order valence-corrected chi connectivity index (χ2v) is 5.46. The van der Waals surface area contributed by atoms with Crippen LogP contribution in [-0.2, 0) is 9.59 Å². The number of hydrogen-bond acceptors (Lipinski definition) is 4. The molecule has 0 spiro atoms. The largest absolute Gasteiger partial charge is 0.481 e. The molecule has 2 rings (SSSR count). The highest BCUT2D eigenvalue weighted by atomic mass is 16.4. The highest BCUT2D eigenvalue weighted by molar-refractivity contribution is 5.91. The minimum Gasteiger partial charge on any atom is -0.481 e. The molecule has 0 bridgehead atoms. The number of carboxylic acids is 1. The molecule has 7 heteroatoms. The van der Waals surface area contributed by atoms with Gasteiger partial charge < -0.3 is 10.4 Å². The zero-order valence-electron chi connectivity index (χ0n) is 11.7. The van der Waals surface area contributed by atoms with E-state index >= 15 is 0 Å². The minimum atomic E-state index is -0.778. The van der Waals surface area contributed by atoms with Crippen LogP contribution in [0.4, 0.5) is 5.82 Å². The quantitative estimate of drug-likeness (QED) is 0.805. The molecule has 110 valence electrons. The number of aromatic nitrogens is 2. The third-order valence-electron chi connectivity index (χ3n) is 3.29. The SMILES string of the molecule is CC(C)n1nccc1NC(=O)CN1CC(CC(=O)O)C1. The Bertz CT molecular complexity index is 492. The number of anilines is 1. The molecule has 1 saturated heterocycles. The Morgan fingerprint density at radius 1 is 1.50 bits per heavy atom. The van der Waals surface area contributed by atoms with Crippen molar-refractivity contribution in [1.82, 2.24) is 14.7 Å². The van der Waals surface area contributed by atoms with E-state index < -0.39 is 5.97 Å². The Hall–Kier alpha value is -1.89. The molecule has 1 amide bonds. The van der Waals surface area contributed by atoms with Gasteiger partial charge in [-0.3, -0.25) is 14.5 Å². The molecule has 0 aliphatic carbocycles. The van der Waals surface area contributed by atoms with Crippen LogP contribution in [0.15, 0.2) is 12.3 Å². The predicted molar refractivity (Wildman–Crippen MR) is 73.4 cm³/mol. The van der Waals surface area contributed by atoms with Gasteiger partial charge in [0.15, 0.2) is 0 Å². The number of carbonyl (C=O) groups excluding carboxylic acids is 1. The van der Waals surface area contributed by atoms with E-state index in [2.05, 4.69) is 10.4 Å². The molecule has 1 aromatic heterocycles. The summed E-state index contributed by atoms with van der Waals surface area (Å²) in [5, 5.41) is 15.6. The van der Waals surface area contributed by atoms with E-state index in [1.54, 1.807) is 16.9 Å². The Balaban J connectivity index is 1.77. The van der Waals surface area contributed by atoms with Gasteiger partial charge in [-0.1, -0.05) is 0 Å². The Morgan fingerprint density at radius 3 is 2.80 bits per heavy atom. The molecule has 2 heterocycles. The molecular formula is C13H20N4O3. The second kappa shape index (κ2) is 6.04. The van der Waals surface area contributed by atoms with E-state index in [1.165, 1.54) is 0 Å². The fourth-order valence-electron chi connectivity index (χ4n) is 2.39. The third kappa shape index (κ3) is 3.57. The fourth-order valence-corrected chi connectivity index (χ4v) is 2.39. The number of hydrogen-bond donors (Lipinski definition) is 2. The molecule has 0 aromatic carbocycles. The zero-order valence-corrected chi connectivity index (χ0v) is 11.7. The lowest BCUT2D eigenvalue weighted by Gasteiger charge is -2.37. The number of carbonyl (C=O) groups is 2. The summed E-state index contributed by atoms with van der Waals surface area (Å²) in [6, 6.07) is 1.95. The van der Waals surface area contributed by atoms with Gasteiger partial charge in [-0.25, -0.2) is 4.68 Å². The first kappa shape index (κ1) is 14.5. The Morgan fingerprint density at radius 2 is 2.20 bits per heavy atom. The lowest BCUT2D eigenvalue weighted by Crippen LogP contribution is -2.50. The van der Waals surface area contributed by atoms with Crippen LogP contribution >= 0.6 is 0 Å². The van der Waals surface area contributed by atoms with Crippen molar-refractivity contribution in [1.29, 1.82) is 0 Å². The van der Waals surface area contributed by atoms with Crippen molar-refractivity contribution in [2.75, 3.05) is 25.0 Å². The summed E-state index contributed by atoms with van der Waals surface area (Å²) in [5.74, 6) is -0.0183. The van der Waals surface area contributed by atoms with E-state index in [-0.39, 0.29) is 24.3 Å². The maximum absolute atomic E-state index is 11.9. The molecule has 1 aromatic rings. The van der Waals surface area contributed by atoms with Gasteiger partial charge in [-0.2, -0.15) is 5.10 Å². The summed E-state index contributed by atoms with van der Waals surface area (Å²) in [4.78, 5) is 24.4. The first-order chi connectivity index (χ1) is 9.45. The molecule has 0 radical (unpaired) electrons. The molecule has 1 fully saturated rings. The molecule has 2 N–H and O–H groups in total. The number of nitrogens with zero attached hydrogens (tertiary/aromatic N) is 3. The maximum Gasteiger partial charge on any atom is 0.303 e. The van der Waals surface area contributed by atoms with Crippen molar-refractivity contribution in [3.63, 3.8) is 0 Å². The fraction of sp³-hybridized carbons (Fsp3) is 0.615. The van der Waals surface area contributed by atoms with Crippen molar-refractivity contribution >= 4 is 17.7 Å². The van der Waals surface area contributed by atoms with Crippen molar-refractivity contribution in [3.05, 3.63) is 12.3 Å². The normalized spacial score (nSPS) is 16.1. The monoisotopic (exact) mass is 280 g/mol. The van der Waals surface area contributed by atoms with Gasteiger partial charge in [0.25, 0.3) is 0 Å². The number of carboxylic acid groups (broad SMARTS) is 1. The number of rotatable bonds is 6. The number of aliphatic carboxylic acids is 1. The summed E-state index contributed by atoms with van der Waals surface area (Å²) in [6.07, 6.45) is 1.83. The van der Waals surface area contributed by atoms with Crippen molar-refractivity contribution < 1.29 is 14.7 Å². The summed E-state index contributed by atoms with van der Waals surface area (Å²) in [6.45, 7) is 5.62. The first-order valence-corrected chi connectivity index (χ1v) is 6.73. The lowest BCUT2D eigenvalue weighted by atomic mass is 9.96. The van der Waals surface area contributed by atoms with Crippen molar-refractivity contribution in [3.8, 4) is 0 Å². The minimum absolute atomic E-state index is 0.0961. The molecule has 0 saturated carbocycles. The lowest BCUT2D eigenvalue weighted by molar-refractivity contribution is -0.139. The van der Waals surface area contributed by atoms with E-state index in [1.807, 2.05) is 18.7 Å². The average Bonchev–Trinajstić information content (AvgIpc) is 2.73. The van der Waals surface area contributed by atoms with Crippen molar-refractivity contribution in [2.45, 2.75) is 26.3 Å². The number of likely N-dealkylation sites (tertiary alicyclic amines) is 1. The van der Waals surface area contributed by atoms with Crippen molar-refractivity contribution in [2.24, 2.45) is 5.92 Å². The molecule has 0 atom stereocenters. The van der Waals surface area contributed by atoms with E-state index in [9.17, 15) is 9.59 Å². The van der Waals surface area contributed by atoms with Crippen LogP contribution in [0.25, 0.3) is 0 Å². The van der Waals surface area contributed by atoms with Crippen LogP contribution in [0.2, 0.25) is 0 Å². The topological polar surface area (TPSA) is 87.5 Å². The van der Waals surface area contributed by atoms with Gasteiger partial charge in [0.2, 0.25) is 5.91 Å². The molecule has 1 aliphatic heterocycles. The highest BCUT2D eigenvalue weighted by Crippen LogP contribution is 2.19. The molecule has 20 heavy (non-hydrogen) atoms. The number of nitrogens with one attached hydrogen (secondary N) is 1. The van der Waals surface area contributed by atoms with Gasteiger partial charge >= 0.3 is 5.97 Å². The van der Waals surface area contributed by atoms with Gasteiger partial charge in [-0.05, 0) is 19.8 Å². The molecule has 0 unspecified atom stereocenters. The summed E-state index contributed by atoms with van der Waals surface area (Å²) in [5.41, 5.74) is 0. The van der Waals surface area contributed by atoms with Crippen LogP contribution in [0, 0.1) is 5.92 Å². The third-order valence-corrected chi connectivity index (χ3v) is 3.29. The zero-order chi connectivity index (χ0) is 14.7. The van der Waals surface area contributed by atoms with Crippen LogP contribution in [0.5, 0.6) is 0 Å². The average molecular weight is 280 g/mol. The molecular weight excluding hydrogens is 260 g/mol. The predicted octanol–water partition coefficient (Wildman–Crippen LogP) is 0.809. The van der Waals surface area contributed by atoms with Gasteiger partial charge in [0.05, 0.1) is 19.2 Å². The van der Waals surface area contributed by atoms with Crippen LogP contribution in [0.3, 0.4) is 0 Å². The number of amides is 1. The first-order valence-electron chi connectivity index (χ1n) is 6.73. The Labute approximate surface area is 117 Å². The van der Waals surface area contributed by atoms with Gasteiger partial charge in [0, 0.05) is 25.2 Å². The van der Waals surface area contributed by atoms with Crippen LogP contribution in [0.1, 0.15) is 26.3 Å². The van der Waals surface area contributed by atoms with E-state index in [4.69, 9.17) is 5.11 Å². The summed E-state index contributed by atoms with van der Waals surface area (Å²) >= 11 is 0.